The van der Waals surface area contributed by atoms with E-state index in [1.165, 1.54) is 10.5 Å². The van der Waals surface area contributed by atoms with Crippen LogP contribution in [0.5, 0.6) is 0 Å². The topological polar surface area (TPSA) is 134 Å². The number of carbonyl (C=O) groups excluding carboxylic acids is 3. The number of carbonyl (C=O) groups is 3. The SMILES string of the molecule is CCCCc1ccc(CC(=O)Nc2[nH]c(Cc3ccc(C(=O)N(C)c4ccccc4)o3)nc2C(N)=O)cc1. The molecule has 2 heterocycles. The van der Waals surface area contributed by atoms with Gasteiger partial charge in [-0.15, -0.1) is 0 Å². The van der Waals surface area contributed by atoms with Gasteiger partial charge in [0.2, 0.25) is 5.91 Å². The van der Waals surface area contributed by atoms with Crippen LogP contribution in [0.1, 0.15) is 63.5 Å². The molecule has 4 aromatic rings. The Labute approximate surface area is 221 Å². The molecule has 0 atom stereocenters. The van der Waals surface area contributed by atoms with Gasteiger partial charge in [-0.1, -0.05) is 55.8 Å². The molecule has 4 rings (SSSR count). The molecular weight excluding hydrogens is 482 g/mol. The van der Waals surface area contributed by atoms with Crippen LogP contribution in [0, 0.1) is 0 Å². The third-order valence-electron chi connectivity index (χ3n) is 6.12. The van der Waals surface area contributed by atoms with E-state index in [0.717, 1.165) is 30.5 Å². The molecule has 0 unspecified atom stereocenters. The molecule has 38 heavy (non-hydrogen) atoms. The number of unbranched alkanes of at least 4 members (excludes halogenated alkanes) is 1. The zero-order valence-electron chi connectivity index (χ0n) is 21.5. The molecule has 9 heteroatoms. The second-order valence-electron chi connectivity index (χ2n) is 9.06. The molecule has 2 aromatic carbocycles. The van der Waals surface area contributed by atoms with Gasteiger partial charge in [-0.3, -0.25) is 14.4 Å². The first kappa shape index (κ1) is 26.4. The number of H-pyrrole nitrogens is 1. The lowest BCUT2D eigenvalue weighted by Crippen LogP contribution is -2.25. The predicted molar refractivity (Wildman–Crippen MR) is 145 cm³/mol. The highest BCUT2D eigenvalue weighted by Gasteiger charge is 2.21. The third-order valence-corrected chi connectivity index (χ3v) is 6.12. The van der Waals surface area contributed by atoms with Crippen molar-refractivity contribution >= 4 is 29.2 Å². The summed E-state index contributed by atoms with van der Waals surface area (Å²) in [6.45, 7) is 2.15. The fourth-order valence-electron chi connectivity index (χ4n) is 4.04. The van der Waals surface area contributed by atoms with Crippen LogP contribution >= 0.6 is 0 Å². The number of furan rings is 1. The molecule has 0 saturated carbocycles. The van der Waals surface area contributed by atoms with Gasteiger partial charge in [0.05, 0.1) is 12.8 Å². The van der Waals surface area contributed by atoms with Crippen LogP contribution in [0.25, 0.3) is 0 Å². The zero-order chi connectivity index (χ0) is 27.1. The number of hydrogen-bond donors (Lipinski definition) is 3. The highest BCUT2D eigenvalue weighted by atomic mass is 16.4. The second-order valence-corrected chi connectivity index (χ2v) is 9.06. The number of hydrogen-bond acceptors (Lipinski definition) is 5. The van der Waals surface area contributed by atoms with E-state index in [4.69, 9.17) is 10.2 Å². The number of aromatic nitrogens is 2. The molecule has 4 N–H and O–H groups in total. The van der Waals surface area contributed by atoms with Gasteiger partial charge >= 0.3 is 0 Å². The summed E-state index contributed by atoms with van der Waals surface area (Å²) < 4.78 is 5.74. The van der Waals surface area contributed by atoms with Crippen LogP contribution < -0.4 is 16.0 Å². The number of imidazole rings is 1. The van der Waals surface area contributed by atoms with E-state index in [9.17, 15) is 14.4 Å². The minimum atomic E-state index is -0.775. The predicted octanol–water partition coefficient (Wildman–Crippen LogP) is 4.49. The van der Waals surface area contributed by atoms with Gasteiger partial charge in [-0.2, -0.15) is 0 Å². The highest BCUT2D eigenvalue weighted by molar-refractivity contribution is 6.04. The minimum absolute atomic E-state index is 0.0741. The van der Waals surface area contributed by atoms with Crippen LogP contribution in [0.3, 0.4) is 0 Å². The molecular formula is C29H31N5O4. The molecule has 0 fully saturated rings. The third kappa shape index (κ3) is 6.56. The van der Waals surface area contributed by atoms with Gasteiger partial charge in [-0.25, -0.2) is 4.98 Å². The van der Waals surface area contributed by atoms with E-state index in [-0.39, 0.29) is 41.9 Å². The number of anilines is 2. The Hall–Kier alpha value is -4.66. The van der Waals surface area contributed by atoms with Crippen LogP contribution in [0.2, 0.25) is 0 Å². The summed E-state index contributed by atoms with van der Waals surface area (Å²) in [4.78, 5) is 46.1. The lowest BCUT2D eigenvalue weighted by atomic mass is 10.0. The summed E-state index contributed by atoms with van der Waals surface area (Å²) in [5.41, 5.74) is 8.25. The fraction of sp³-hybridized carbons (Fsp3) is 0.241. The van der Waals surface area contributed by atoms with E-state index in [0.29, 0.717) is 11.6 Å². The maximum Gasteiger partial charge on any atom is 0.293 e. The van der Waals surface area contributed by atoms with Crippen LogP contribution in [-0.2, 0) is 24.1 Å². The van der Waals surface area contributed by atoms with Crippen LogP contribution in [0.4, 0.5) is 11.5 Å². The van der Waals surface area contributed by atoms with Gasteiger partial charge in [-0.05, 0) is 48.2 Å². The van der Waals surface area contributed by atoms with Crippen molar-refractivity contribution in [1.29, 1.82) is 0 Å². The summed E-state index contributed by atoms with van der Waals surface area (Å²) in [5, 5.41) is 2.70. The van der Waals surface area contributed by atoms with Gasteiger partial charge in [0, 0.05) is 12.7 Å². The molecule has 0 spiro atoms. The molecule has 2 aromatic heterocycles. The normalized spacial score (nSPS) is 10.8. The molecule has 0 saturated heterocycles. The van der Waals surface area contributed by atoms with Crippen molar-refractivity contribution in [3.05, 3.63) is 101 Å². The molecule has 9 nitrogen and oxygen atoms in total. The number of primary amides is 1. The Kier molecular flexibility index (Phi) is 8.37. The Morgan fingerprint density at radius 1 is 1.00 bits per heavy atom. The molecule has 0 radical (unpaired) electrons. The number of aryl methyl sites for hydroxylation is 1. The standard InChI is InChI=1S/C29H31N5O4/c1-3-4-8-19-11-13-20(14-12-19)17-25(35)33-28-26(27(30)36)31-24(32-28)18-22-15-16-23(38-22)29(37)34(2)21-9-6-5-7-10-21/h5-7,9-16H,3-4,8,17-18H2,1-2H3,(H2,30,36)(H,31,32)(H,33,35). The fourth-order valence-corrected chi connectivity index (χ4v) is 4.04. The zero-order valence-corrected chi connectivity index (χ0v) is 21.5. The van der Waals surface area contributed by atoms with Gasteiger partial charge in [0.15, 0.2) is 11.5 Å². The van der Waals surface area contributed by atoms with Gasteiger partial charge in [0.1, 0.15) is 17.4 Å². The van der Waals surface area contributed by atoms with E-state index in [1.54, 1.807) is 19.2 Å². The number of nitrogens with zero attached hydrogens (tertiary/aromatic N) is 2. The number of aromatic amines is 1. The quantitative estimate of drug-likeness (QED) is 0.272. The van der Waals surface area contributed by atoms with E-state index < -0.39 is 5.91 Å². The van der Waals surface area contributed by atoms with E-state index in [2.05, 4.69) is 22.2 Å². The van der Waals surface area contributed by atoms with E-state index in [1.807, 2.05) is 54.6 Å². The molecule has 0 aliphatic rings. The molecule has 0 aliphatic carbocycles. The van der Waals surface area contributed by atoms with Crippen molar-refractivity contribution in [2.75, 3.05) is 17.3 Å². The average molecular weight is 514 g/mol. The van der Waals surface area contributed by atoms with Gasteiger partial charge < -0.3 is 25.4 Å². The minimum Gasteiger partial charge on any atom is -0.455 e. The van der Waals surface area contributed by atoms with Crippen molar-refractivity contribution in [3.63, 3.8) is 0 Å². The maximum absolute atomic E-state index is 12.8. The van der Waals surface area contributed by atoms with Crippen molar-refractivity contribution in [2.45, 2.75) is 39.0 Å². The molecule has 196 valence electrons. The van der Waals surface area contributed by atoms with Gasteiger partial charge in [0.25, 0.3) is 11.8 Å². The highest BCUT2D eigenvalue weighted by Crippen LogP contribution is 2.20. The lowest BCUT2D eigenvalue weighted by molar-refractivity contribution is -0.115. The Morgan fingerprint density at radius 2 is 1.71 bits per heavy atom. The largest absolute Gasteiger partial charge is 0.455 e. The van der Waals surface area contributed by atoms with Crippen molar-refractivity contribution < 1.29 is 18.8 Å². The first-order chi connectivity index (χ1) is 18.3. The first-order valence-electron chi connectivity index (χ1n) is 12.5. The lowest BCUT2D eigenvalue weighted by Gasteiger charge is -2.15. The summed E-state index contributed by atoms with van der Waals surface area (Å²) in [6.07, 6.45) is 3.56. The Balaban J connectivity index is 1.41. The number of para-hydroxylation sites is 1. The number of nitrogens with one attached hydrogen (secondary N) is 2. The maximum atomic E-state index is 12.8. The number of rotatable bonds is 11. The summed E-state index contributed by atoms with van der Waals surface area (Å²) in [5.74, 6) is -0.265. The molecule has 0 bridgehead atoms. The summed E-state index contributed by atoms with van der Waals surface area (Å²) >= 11 is 0. The smallest absolute Gasteiger partial charge is 0.293 e. The molecule has 3 amide bonds. The molecule has 0 aliphatic heterocycles. The summed E-state index contributed by atoms with van der Waals surface area (Å²) in [6, 6.07) is 20.4. The van der Waals surface area contributed by atoms with Crippen molar-refractivity contribution in [3.8, 4) is 0 Å². The number of nitrogens with two attached hydrogens (primary N) is 1. The Bertz CT molecular complexity index is 1410. The Morgan fingerprint density at radius 3 is 2.39 bits per heavy atom. The van der Waals surface area contributed by atoms with Crippen LogP contribution in [0.15, 0.2) is 71.1 Å². The van der Waals surface area contributed by atoms with Crippen molar-refractivity contribution in [2.24, 2.45) is 5.73 Å². The average Bonchev–Trinajstić information content (AvgIpc) is 3.55. The van der Waals surface area contributed by atoms with E-state index >= 15 is 0 Å². The monoisotopic (exact) mass is 513 g/mol. The van der Waals surface area contributed by atoms with Crippen molar-refractivity contribution in [1.82, 2.24) is 9.97 Å². The summed E-state index contributed by atoms with van der Waals surface area (Å²) in [7, 11) is 1.67. The number of benzene rings is 2. The second kappa shape index (κ2) is 12.1. The first-order valence-corrected chi connectivity index (χ1v) is 12.5. The number of amides is 3. The van der Waals surface area contributed by atoms with Crippen LogP contribution in [-0.4, -0.2) is 34.7 Å².